The second-order valence-corrected chi connectivity index (χ2v) is 9.58. The number of anilines is 2. The normalized spacial score (nSPS) is 17.9. The van der Waals surface area contributed by atoms with Gasteiger partial charge in [0.15, 0.2) is 5.13 Å². The van der Waals surface area contributed by atoms with E-state index in [9.17, 15) is 4.79 Å². The third-order valence-electron chi connectivity index (χ3n) is 6.05. The summed E-state index contributed by atoms with van der Waals surface area (Å²) in [5, 5.41) is 12.6. The van der Waals surface area contributed by atoms with Gasteiger partial charge >= 0.3 is 0 Å². The van der Waals surface area contributed by atoms with Gasteiger partial charge in [-0.2, -0.15) is 5.26 Å². The molecule has 5 rings (SSSR count). The number of carbonyl (C=O) groups excluding carboxylic acids is 1. The number of amides is 1. The van der Waals surface area contributed by atoms with Gasteiger partial charge in [-0.25, -0.2) is 4.98 Å². The van der Waals surface area contributed by atoms with Crippen LogP contribution in [-0.4, -0.2) is 48.6 Å². The van der Waals surface area contributed by atoms with Crippen molar-refractivity contribution in [2.75, 3.05) is 36.9 Å². The summed E-state index contributed by atoms with van der Waals surface area (Å²) in [5.41, 5.74) is 3.40. The highest BCUT2D eigenvalue weighted by Gasteiger charge is 2.25. The number of hydrogen-bond acceptors (Lipinski definition) is 7. The van der Waals surface area contributed by atoms with Crippen molar-refractivity contribution in [3.8, 4) is 11.8 Å². The highest BCUT2D eigenvalue weighted by molar-refractivity contribution is 7.15. The first kappa shape index (κ1) is 21.4. The number of hydrogen-bond donors (Lipinski definition) is 1. The molecule has 1 aromatic heterocycles. The number of ether oxygens (including phenoxy) is 1. The topological polar surface area (TPSA) is 81.5 Å². The SMILES string of the molecule is CN1CCc2nc(NC(=O)c3cccc(O[C@@H]4CCN(c5ccc(C#N)cc5)C4)c3)sc2C1. The second-order valence-electron chi connectivity index (χ2n) is 8.49. The zero-order valence-electron chi connectivity index (χ0n) is 18.5. The van der Waals surface area contributed by atoms with E-state index in [2.05, 4.69) is 33.2 Å². The van der Waals surface area contributed by atoms with E-state index in [-0.39, 0.29) is 12.0 Å². The average molecular weight is 460 g/mol. The molecule has 1 fully saturated rings. The van der Waals surface area contributed by atoms with Crippen LogP contribution in [0.2, 0.25) is 0 Å². The lowest BCUT2D eigenvalue weighted by Crippen LogP contribution is -2.25. The number of rotatable bonds is 5. The van der Waals surface area contributed by atoms with Gasteiger partial charge < -0.3 is 14.5 Å². The zero-order chi connectivity index (χ0) is 22.8. The summed E-state index contributed by atoms with van der Waals surface area (Å²) >= 11 is 1.55. The summed E-state index contributed by atoms with van der Waals surface area (Å²) in [4.78, 5) is 23.2. The maximum atomic E-state index is 12.8. The van der Waals surface area contributed by atoms with E-state index in [1.807, 2.05) is 36.4 Å². The first-order chi connectivity index (χ1) is 16.1. The Balaban J connectivity index is 1.20. The van der Waals surface area contributed by atoms with Gasteiger partial charge in [0.2, 0.25) is 0 Å². The molecule has 8 heteroatoms. The Morgan fingerprint density at radius 2 is 2.09 bits per heavy atom. The number of nitriles is 1. The van der Waals surface area contributed by atoms with Crippen LogP contribution in [-0.2, 0) is 13.0 Å². The van der Waals surface area contributed by atoms with Crippen LogP contribution in [0.3, 0.4) is 0 Å². The molecule has 3 aromatic rings. The number of fused-ring (bicyclic) bond motifs is 1. The van der Waals surface area contributed by atoms with Crippen LogP contribution in [0.5, 0.6) is 5.75 Å². The molecule has 33 heavy (non-hydrogen) atoms. The van der Waals surface area contributed by atoms with Crippen LogP contribution in [0.15, 0.2) is 48.5 Å². The molecule has 1 atom stereocenters. The fourth-order valence-electron chi connectivity index (χ4n) is 4.25. The average Bonchev–Trinajstić information content (AvgIpc) is 3.45. The lowest BCUT2D eigenvalue weighted by Gasteiger charge is -2.20. The Morgan fingerprint density at radius 1 is 1.24 bits per heavy atom. The van der Waals surface area contributed by atoms with E-state index in [1.165, 1.54) is 4.88 Å². The van der Waals surface area contributed by atoms with E-state index in [0.717, 1.165) is 50.4 Å². The molecule has 0 saturated carbocycles. The second kappa shape index (κ2) is 9.22. The van der Waals surface area contributed by atoms with Crippen LogP contribution in [0.4, 0.5) is 10.8 Å². The molecule has 7 nitrogen and oxygen atoms in total. The molecule has 0 bridgehead atoms. The first-order valence-electron chi connectivity index (χ1n) is 11.1. The molecule has 0 unspecified atom stereocenters. The van der Waals surface area contributed by atoms with Gasteiger partial charge in [0, 0.05) is 48.6 Å². The van der Waals surface area contributed by atoms with Gasteiger partial charge in [-0.15, -0.1) is 11.3 Å². The van der Waals surface area contributed by atoms with E-state index < -0.39 is 0 Å². The van der Waals surface area contributed by atoms with Gasteiger partial charge in [0.05, 0.1) is 23.9 Å². The number of thiazole rings is 1. The summed E-state index contributed by atoms with van der Waals surface area (Å²) in [7, 11) is 2.10. The molecular formula is C25H25N5O2S. The van der Waals surface area contributed by atoms with Crippen molar-refractivity contribution < 1.29 is 9.53 Å². The Hall–Kier alpha value is -3.41. The Morgan fingerprint density at radius 3 is 2.91 bits per heavy atom. The quantitative estimate of drug-likeness (QED) is 0.623. The monoisotopic (exact) mass is 459 g/mol. The number of nitrogens with zero attached hydrogens (tertiary/aromatic N) is 4. The maximum absolute atomic E-state index is 12.8. The third-order valence-corrected chi connectivity index (χ3v) is 7.05. The predicted molar refractivity (Wildman–Crippen MR) is 129 cm³/mol. The molecule has 1 N–H and O–H groups in total. The van der Waals surface area contributed by atoms with Crippen molar-refractivity contribution >= 4 is 28.1 Å². The number of aromatic nitrogens is 1. The molecule has 2 aliphatic heterocycles. The molecule has 3 heterocycles. The molecule has 0 radical (unpaired) electrons. The molecular weight excluding hydrogens is 434 g/mol. The first-order valence-corrected chi connectivity index (χ1v) is 11.9. The summed E-state index contributed by atoms with van der Waals surface area (Å²) in [5.74, 6) is 0.514. The van der Waals surface area contributed by atoms with Gasteiger partial charge in [-0.3, -0.25) is 10.1 Å². The van der Waals surface area contributed by atoms with Gasteiger partial charge in [-0.1, -0.05) is 6.07 Å². The summed E-state index contributed by atoms with van der Waals surface area (Å²) < 4.78 is 6.20. The van der Waals surface area contributed by atoms with Crippen molar-refractivity contribution in [1.29, 1.82) is 5.26 Å². The molecule has 1 amide bonds. The van der Waals surface area contributed by atoms with Crippen LogP contribution >= 0.6 is 11.3 Å². The van der Waals surface area contributed by atoms with Gasteiger partial charge in [0.1, 0.15) is 11.9 Å². The van der Waals surface area contributed by atoms with Crippen LogP contribution in [0.25, 0.3) is 0 Å². The van der Waals surface area contributed by atoms with Crippen molar-refractivity contribution in [3.05, 3.63) is 70.2 Å². The van der Waals surface area contributed by atoms with E-state index in [4.69, 9.17) is 10.00 Å². The molecule has 2 aromatic carbocycles. The van der Waals surface area contributed by atoms with Gasteiger partial charge in [-0.05, 0) is 49.5 Å². The van der Waals surface area contributed by atoms with E-state index in [1.54, 1.807) is 23.5 Å². The molecule has 1 saturated heterocycles. The van der Waals surface area contributed by atoms with Crippen molar-refractivity contribution in [2.45, 2.75) is 25.5 Å². The highest BCUT2D eigenvalue weighted by Crippen LogP contribution is 2.29. The largest absolute Gasteiger partial charge is 0.488 e. The number of carbonyl (C=O) groups is 1. The fraction of sp³-hybridized carbons (Fsp3) is 0.320. The molecule has 168 valence electrons. The lowest BCUT2D eigenvalue weighted by atomic mass is 10.2. The minimum Gasteiger partial charge on any atom is -0.488 e. The van der Waals surface area contributed by atoms with Crippen LogP contribution < -0.4 is 15.0 Å². The molecule has 0 aliphatic carbocycles. The number of benzene rings is 2. The summed E-state index contributed by atoms with van der Waals surface area (Å²) in [6.07, 6.45) is 1.86. The molecule has 0 spiro atoms. The van der Waals surface area contributed by atoms with Crippen LogP contribution in [0.1, 0.15) is 32.9 Å². The number of nitrogens with one attached hydrogen (secondary N) is 1. The maximum Gasteiger partial charge on any atom is 0.257 e. The lowest BCUT2D eigenvalue weighted by molar-refractivity contribution is 0.102. The summed E-state index contributed by atoms with van der Waals surface area (Å²) in [6.45, 7) is 3.53. The van der Waals surface area contributed by atoms with Crippen molar-refractivity contribution in [1.82, 2.24) is 9.88 Å². The zero-order valence-corrected chi connectivity index (χ0v) is 19.3. The minimum atomic E-state index is -0.175. The standard InChI is InChI=1S/C25H25N5O2S/c1-29-11-10-22-23(16-29)33-25(27-22)28-24(31)18-3-2-4-20(13-18)32-21-9-12-30(15-21)19-7-5-17(14-26)6-8-19/h2-8,13,21H,9-12,15-16H2,1H3,(H,27,28,31)/t21-/m1/s1. The minimum absolute atomic E-state index is 0.0432. The number of likely N-dealkylation sites (N-methyl/N-ethyl adjacent to an activating group) is 1. The smallest absolute Gasteiger partial charge is 0.257 e. The highest BCUT2D eigenvalue weighted by atomic mass is 32.1. The van der Waals surface area contributed by atoms with E-state index in [0.29, 0.717) is 22.0 Å². The Kier molecular flexibility index (Phi) is 5.99. The fourth-order valence-corrected chi connectivity index (χ4v) is 5.34. The van der Waals surface area contributed by atoms with Crippen LogP contribution in [0, 0.1) is 11.3 Å². The summed E-state index contributed by atoms with van der Waals surface area (Å²) in [6, 6.07) is 17.1. The van der Waals surface area contributed by atoms with Crippen molar-refractivity contribution in [2.24, 2.45) is 0 Å². The predicted octanol–water partition coefficient (Wildman–Crippen LogP) is 3.91. The Labute approximate surface area is 197 Å². The van der Waals surface area contributed by atoms with Gasteiger partial charge in [0.25, 0.3) is 5.91 Å². The Bertz CT molecular complexity index is 1200. The van der Waals surface area contributed by atoms with E-state index >= 15 is 0 Å². The third kappa shape index (κ3) is 4.85. The van der Waals surface area contributed by atoms with Crippen molar-refractivity contribution in [3.63, 3.8) is 0 Å². The molecule has 2 aliphatic rings.